The number of ketones is 1. The molecule has 1 aliphatic heterocycles. The zero-order valence-corrected chi connectivity index (χ0v) is 20.9. The number of hydrogen-bond acceptors (Lipinski definition) is 8. The minimum atomic E-state index is -0.954. The summed E-state index contributed by atoms with van der Waals surface area (Å²) >= 11 is 0. The van der Waals surface area contributed by atoms with Crippen molar-refractivity contribution in [2.24, 2.45) is 11.8 Å². The van der Waals surface area contributed by atoms with Crippen LogP contribution in [0, 0.1) is 11.8 Å². The minimum Gasteiger partial charge on any atom is -0.497 e. The molecule has 1 heterocycles. The predicted molar refractivity (Wildman–Crippen MR) is 128 cm³/mol. The summed E-state index contributed by atoms with van der Waals surface area (Å²) in [5, 5.41) is 3.29. The van der Waals surface area contributed by atoms with Gasteiger partial charge in [-0.1, -0.05) is 6.92 Å². The molecule has 188 valence electrons. The van der Waals surface area contributed by atoms with Crippen LogP contribution in [0.2, 0.25) is 0 Å². The fourth-order valence-electron chi connectivity index (χ4n) is 5.55. The summed E-state index contributed by atoms with van der Waals surface area (Å²) in [4.78, 5) is 40.1. The molecule has 1 saturated carbocycles. The van der Waals surface area contributed by atoms with Crippen molar-refractivity contribution < 1.29 is 33.3 Å². The molecule has 0 aromatic heterocycles. The molecule has 4 rings (SSSR count). The maximum atomic E-state index is 13.9. The van der Waals surface area contributed by atoms with Crippen molar-refractivity contribution in [2.45, 2.75) is 58.0 Å². The van der Waals surface area contributed by atoms with Crippen molar-refractivity contribution in [2.75, 3.05) is 21.3 Å². The van der Waals surface area contributed by atoms with Gasteiger partial charge in [0, 0.05) is 22.5 Å². The van der Waals surface area contributed by atoms with E-state index in [0.717, 1.165) is 25.7 Å². The molecule has 1 N–H and O–H groups in total. The average Bonchev–Trinajstić information content (AvgIpc) is 3.35. The SMILES string of the molecule is COC(=O)[C@@H]1C(=O)C2=C(C[C@@H]1C)NC(C)=C(C(=O)OC1CCCC1)[C@H]2c1cc(OC)ccc1OC. The summed E-state index contributed by atoms with van der Waals surface area (Å²) in [5.74, 6) is -2.33. The average molecular weight is 484 g/mol. The number of ether oxygens (including phenoxy) is 4. The van der Waals surface area contributed by atoms with Crippen LogP contribution in [0.4, 0.5) is 0 Å². The van der Waals surface area contributed by atoms with Crippen LogP contribution in [0.3, 0.4) is 0 Å². The zero-order valence-electron chi connectivity index (χ0n) is 20.9. The molecular weight excluding hydrogens is 450 g/mol. The zero-order chi connectivity index (χ0) is 25.3. The smallest absolute Gasteiger partial charge is 0.337 e. The molecule has 1 aromatic carbocycles. The molecule has 0 spiro atoms. The summed E-state index contributed by atoms with van der Waals surface area (Å²) in [5.41, 5.74) is 2.64. The molecule has 1 fully saturated rings. The first-order chi connectivity index (χ1) is 16.8. The number of allylic oxidation sites excluding steroid dienone is 3. The molecular formula is C27H33NO7. The Bertz CT molecular complexity index is 1100. The lowest BCUT2D eigenvalue weighted by atomic mass is 9.69. The van der Waals surface area contributed by atoms with Crippen LogP contribution < -0.4 is 14.8 Å². The second kappa shape index (κ2) is 10.1. The summed E-state index contributed by atoms with van der Waals surface area (Å²) in [7, 11) is 4.37. The van der Waals surface area contributed by atoms with E-state index < -0.39 is 23.8 Å². The normalized spacial score (nSPS) is 24.6. The number of Topliss-reactive ketones (excluding diaryl/α,β-unsaturated/α-hetero) is 1. The maximum Gasteiger partial charge on any atom is 0.337 e. The molecule has 0 amide bonds. The van der Waals surface area contributed by atoms with Gasteiger partial charge in [0.2, 0.25) is 0 Å². The highest BCUT2D eigenvalue weighted by Crippen LogP contribution is 2.48. The summed E-state index contributed by atoms with van der Waals surface area (Å²) in [6.45, 7) is 3.67. The lowest BCUT2D eigenvalue weighted by molar-refractivity contribution is -0.151. The number of rotatable bonds is 6. The van der Waals surface area contributed by atoms with Gasteiger partial charge in [-0.05, 0) is 63.1 Å². The fourth-order valence-corrected chi connectivity index (χ4v) is 5.55. The maximum absolute atomic E-state index is 13.9. The summed E-state index contributed by atoms with van der Waals surface area (Å²) in [6.07, 6.45) is 4.02. The monoisotopic (exact) mass is 483 g/mol. The molecule has 35 heavy (non-hydrogen) atoms. The van der Waals surface area contributed by atoms with Crippen LogP contribution in [0.25, 0.3) is 0 Å². The van der Waals surface area contributed by atoms with Gasteiger partial charge in [-0.15, -0.1) is 0 Å². The Hall–Kier alpha value is -3.29. The molecule has 8 heteroatoms. The van der Waals surface area contributed by atoms with Crippen molar-refractivity contribution >= 4 is 17.7 Å². The van der Waals surface area contributed by atoms with E-state index in [1.165, 1.54) is 14.2 Å². The predicted octanol–water partition coefficient (Wildman–Crippen LogP) is 3.80. The minimum absolute atomic E-state index is 0.143. The van der Waals surface area contributed by atoms with Gasteiger partial charge in [-0.25, -0.2) is 4.79 Å². The van der Waals surface area contributed by atoms with Crippen molar-refractivity contribution in [3.63, 3.8) is 0 Å². The second-order valence-corrected chi connectivity index (χ2v) is 9.46. The molecule has 0 saturated heterocycles. The van der Waals surface area contributed by atoms with Crippen LogP contribution in [-0.2, 0) is 23.9 Å². The third-order valence-electron chi connectivity index (χ3n) is 7.29. The molecule has 1 aromatic rings. The van der Waals surface area contributed by atoms with Crippen LogP contribution in [0.5, 0.6) is 11.5 Å². The van der Waals surface area contributed by atoms with Crippen LogP contribution >= 0.6 is 0 Å². The number of carbonyl (C=O) groups excluding carboxylic acids is 3. The van der Waals surface area contributed by atoms with Gasteiger partial charge < -0.3 is 24.3 Å². The molecule has 8 nitrogen and oxygen atoms in total. The van der Waals surface area contributed by atoms with E-state index in [2.05, 4.69) is 5.32 Å². The fraction of sp³-hybridized carbons (Fsp3) is 0.519. The number of hydrogen-bond donors (Lipinski definition) is 1. The quantitative estimate of drug-likeness (QED) is 0.482. The summed E-state index contributed by atoms with van der Waals surface area (Å²) in [6, 6.07) is 5.28. The number of esters is 2. The van der Waals surface area contributed by atoms with Crippen molar-refractivity contribution in [3.8, 4) is 11.5 Å². The van der Waals surface area contributed by atoms with Crippen LogP contribution in [0.15, 0.2) is 40.7 Å². The van der Waals surface area contributed by atoms with Gasteiger partial charge in [0.05, 0.1) is 32.8 Å². The summed E-state index contributed by atoms with van der Waals surface area (Å²) < 4.78 is 22.0. The lowest BCUT2D eigenvalue weighted by Crippen LogP contribution is -2.43. The van der Waals surface area contributed by atoms with Crippen molar-refractivity contribution in [3.05, 3.63) is 46.3 Å². The van der Waals surface area contributed by atoms with E-state index in [4.69, 9.17) is 18.9 Å². The van der Waals surface area contributed by atoms with E-state index in [9.17, 15) is 14.4 Å². The Balaban J connectivity index is 1.88. The number of carbonyl (C=O) groups is 3. The second-order valence-electron chi connectivity index (χ2n) is 9.46. The van der Waals surface area contributed by atoms with Gasteiger partial charge in [0.25, 0.3) is 0 Å². The van der Waals surface area contributed by atoms with Gasteiger partial charge in [-0.2, -0.15) is 0 Å². The lowest BCUT2D eigenvalue weighted by Gasteiger charge is -2.38. The number of nitrogens with one attached hydrogen (secondary N) is 1. The van der Waals surface area contributed by atoms with Crippen molar-refractivity contribution in [1.82, 2.24) is 5.32 Å². The standard InChI is InChI=1S/C27H33NO7/c1-14-12-19-24(25(29)21(14)26(30)34-5)23(18-13-17(32-3)10-11-20(18)33-4)22(15(2)28-19)27(31)35-16-8-6-7-9-16/h10-11,13-14,16,21,23,28H,6-9,12H2,1-5H3/t14-,21-,23+/m0/s1. The first kappa shape index (κ1) is 24.8. The highest BCUT2D eigenvalue weighted by Gasteiger charge is 2.48. The van der Waals surface area contributed by atoms with Gasteiger partial charge in [0.1, 0.15) is 23.5 Å². The Morgan fingerprint density at radius 1 is 1.06 bits per heavy atom. The van der Waals surface area contributed by atoms with Crippen LogP contribution in [0.1, 0.15) is 57.4 Å². The van der Waals surface area contributed by atoms with Crippen LogP contribution in [-0.4, -0.2) is 45.2 Å². The molecule has 0 unspecified atom stereocenters. The van der Waals surface area contributed by atoms with Gasteiger partial charge >= 0.3 is 11.9 Å². The van der Waals surface area contributed by atoms with Crippen molar-refractivity contribution in [1.29, 1.82) is 0 Å². The first-order valence-corrected chi connectivity index (χ1v) is 12.1. The third-order valence-corrected chi connectivity index (χ3v) is 7.29. The Morgan fingerprint density at radius 2 is 1.77 bits per heavy atom. The molecule has 3 aliphatic rings. The largest absolute Gasteiger partial charge is 0.497 e. The van der Waals surface area contributed by atoms with E-state index in [1.807, 2.05) is 13.8 Å². The van der Waals surface area contributed by atoms with E-state index in [-0.39, 0.29) is 17.8 Å². The first-order valence-electron chi connectivity index (χ1n) is 12.1. The van der Waals surface area contributed by atoms with E-state index in [0.29, 0.717) is 46.0 Å². The molecule has 3 atom stereocenters. The van der Waals surface area contributed by atoms with E-state index >= 15 is 0 Å². The highest BCUT2D eigenvalue weighted by atomic mass is 16.5. The molecule has 2 aliphatic carbocycles. The Morgan fingerprint density at radius 3 is 2.40 bits per heavy atom. The molecule has 0 radical (unpaired) electrons. The molecule has 0 bridgehead atoms. The van der Waals surface area contributed by atoms with Gasteiger partial charge in [0.15, 0.2) is 5.78 Å². The topological polar surface area (TPSA) is 100 Å². The third kappa shape index (κ3) is 4.54. The van der Waals surface area contributed by atoms with E-state index in [1.54, 1.807) is 25.3 Å². The number of benzene rings is 1. The Kier molecular flexibility index (Phi) is 7.19. The highest BCUT2D eigenvalue weighted by molar-refractivity contribution is 6.12. The number of methoxy groups -OCH3 is 3. The van der Waals surface area contributed by atoms with Gasteiger partial charge in [-0.3, -0.25) is 9.59 Å². The number of dihydropyridines is 1. The Labute approximate surface area is 205 Å².